The average molecular weight is 392 g/mol. The third-order valence-electron chi connectivity index (χ3n) is 5.12. The molecular weight excluding hydrogens is 368 g/mol. The molecule has 0 aliphatic carbocycles. The number of benzene rings is 1. The maximum atomic E-state index is 12.5. The molecule has 0 atom stereocenters. The van der Waals surface area contributed by atoms with Crippen LogP contribution in [0.2, 0.25) is 0 Å². The molecule has 2 aromatic heterocycles. The molecule has 0 unspecified atom stereocenters. The number of anilines is 1. The number of aromatic nitrogens is 4. The molecule has 3 heterocycles. The molecule has 1 fully saturated rings. The van der Waals surface area contributed by atoms with E-state index in [0.29, 0.717) is 17.3 Å². The Morgan fingerprint density at radius 1 is 1.17 bits per heavy atom. The van der Waals surface area contributed by atoms with Crippen molar-refractivity contribution in [1.29, 1.82) is 0 Å². The molecule has 3 aromatic rings. The van der Waals surface area contributed by atoms with E-state index in [-0.39, 0.29) is 11.9 Å². The van der Waals surface area contributed by atoms with Crippen LogP contribution >= 0.6 is 0 Å². The first-order chi connectivity index (χ1) is 14.1. The van der Waals surface area contributed by atoms with E-state index in [1.54, 1.807) is 29.2 Å². The molecule has 8 nitrogen and oxygen atoms in total. The lowest BCUT2D eigenvalue weighted by Crippen LogP contribution is -2.29. The van der Waals surface area contributed by atoms with Crippen LogP contribution in [0.15, 0.2) is 42.7 Å². The molecule has 1 aliphatic rings. The largest absolute Gasteiger partial charge is 0.439 e. The minimum atomic E-state index is -0.310. The minimum Gasteiger partial charge on any atom is -0.439 e. The van der Waals surface area contributed by atoms with Crippen molar-refractivity contribution < 1.29 is 9.53 Å². The molecule has 1 saturated heterocycles. The highest BCUT2D eigenvalue weighted by atomic mass is 16.5. The molecule has 1 aromatic carbocycles. The van der Waals surface area contributed by atoms with E-state index >= 15 is 0 Å². The van der Waals surface area contributed by atoms with Crippen molar-refractivity contribution in [3.63, 3.8) is 0 Å². The summed E-state index contributed by atoms with van der Waals surface area (Å²) in [6.07, 6.45) is 5.23. The second kappa shape index (κ2) is 8.40. The Bertz CT molecular complexity index is 993. The number of rotatable bonds is 5. The number of ether oxygens (including phenoxy) is 1. The summed E-state index contributed by atoms with van der Waals surface area (Å²) in [7, 11) is 0. The van der Waals surface area contributed by atoms with Crippen molar-refractivity contribution in [2.45, 2.75) is 32.7 Å². The first kappa shape index (κ1) is 19.1. The van der Waals surface area contributed by atoms with Gasteiger partial charge in [0.1, 0.15) is 5.75 Å². The third kappa shape index (κ3) is 4.60. The van der Waals surface area contributed by atoms with Gasteiger partial charge < -0.3 is 15.4 Å². The van der Waals surface area contributed by atoms with Crippen LogP contribution in [0.3, 0.4) is 0 Å². The zero-order chi connectivity index (χ0) is 20.2. The summed E-state index contributed by atoms with van der Waals surface area (Å²) in [5.74, 6) is 0.879. The molecule has 4 rings (SSSR count). The summed E-state index contributed by atoms with van der Waals surface area (Å²) in [6.45, 7) is 6.00. The number of pyridine rings is 1. The third-order valence-corrected chi connectivity index (χ3v) is 5.12. The van der Waals surface area contributed by atoms with Gasteiger partial charge in [0, 0.05) is 6.07 Å². The standard InChI is InChI=1S/C21H24N6O2/c1-14-3-5-18(11-15(14)2)29-20-6-4-16(12-23-20)24-21(28)19-13-27(26-25-19)17-7-9-22-10-8-17/h3-6,11-13,17,22H,7-10H2,1-2H3,(H,24,28). The number of aryl methyl sites for hydroxylation is 2. The fourth-order valence-electron chi connectivity index (χ4n) is 3.24. The number of hydrogen-bond donors (Lipinski definition) is 2. The molecule has 150 valence electrons. The maximum Gasteiger partial charge on any atom is 0.277 e. The van der Waals surface area contributed by atoms with Gasteiger partial charge in [0.2, 0.25) is 5.88 Å². The summed E-state index contributed by atoms with van der Waals surface area (Å²) in [5.41, 5.74) is 3.22. The van der Waals surface area contributed by atoms with Crippen molar-refractivity contribution in [2.24, 2.45) is 0 Å². The molecule has 1 amide bonds. The van der Waals surface area contributed by atoms with Gasteiger partial charge in [-0.05, 0) is 69.1 Å². The topological polar surface area (TPSA) is 94.0 Å². The van der Waals surface area contributed by atoms with Crippen LogP contribution in [0.4, 0.5) is 5.69 Å². The minimum absolute atomic E-state index is 0.286. The first-order valence-electron chi connectivity index (χ1n) is 9.73. The van der Waals surface area contributed by atoms with Crippen molar-refractivity contribution in [1.82, 2.24) is 25.3 Å². The van der Waals surface area contributed by atoms with Crippen LogP contribution < -0.4 is 15.4 Å². The number of nitrogens with one attached hydrogen (secondary N) is 2. The van der Waals surface area contributed by atoms with Gasteiger partial charge in [-0.1, -0.05) is 11.3 Å². The number of hydrogen-bond acceptors (Lipinski definition) is 6. The van der Waals surface area contributed by atoms with Crippen molar-refractivity contribution >= 4 is 11.6 Å². The SMILES string of the molecule is Cc1ccc(Oc2ccc(NC(=O)c3cn(C4CCNCC4)nn3)cn2)cc1C. The molecule has 0 spiro atoms. The Kier molecular flexibility index (Phi) is 5.53. The van der Waals surface area contributed by atoms with Crippen LogP contribution in [0.5, 0.6) is 11.6 Å². The summed E-state index contributed by atoms with van der Waals surface area (Å²) in [4.78, 5) is 16.7. The quantitative estimate of drug-likeness (QED) is 0.692. The predicted molar refractivity (Wildman–Crippen MR) is 109 cm³/mol. The van der Waals surface area contributed by atoms with E-state index in [9.17, 15) is 4.79 Å². The molecule has 29 heavy (non-hydrogen) atoms. The van der Waals surface area contributed by atoms with Crippen molar-refractivity contribution in [3.05, 3.63) is 59.5 Å². The first-order valence-corrected chi connectivity index (χ1v) is 9.73. The number of piperidine rings is 1. The highest BCUT2D eigenvalue weighted by Crippen LogP contribution is 2.23. The fraction of sp³-hybridized carbons (Fsp3) is 0.333. The van der Waals surface area contributed by atoms with Crippen molar-refractivity contribution in [2.75, 3.05) is 18.4 Å². The fourth-order valence-corrected chi connectivity index (χ4v) is 3.24. The van der Waals surface area contributed by atoms with Gasteiger partial charge in [0.05, 0.1) is 24.1 Å². The van der Waals surface area contributed by atoms with Crippen molar-refractivity contribution in [3.8, 4) is 11.6 Å². The van der Waals surface area contributed by atoms with E-state index < -0.39 is 0 Å². The number of amides is 1. The highest BCUT2D eigenvalue weighted by Gasteiger charge is 2.19. The van der Waals surface area contributed by atoms with Crippen LogP contribution in [-0.4, -0.2) is 39.0 Å². The lowest BCUT2D eigenvalue weighted by molar-refractivity contribution is 0.102. The molecule has 0 bridgehead atoms. The van der Waals surface area contributed by atoms with E-state index in [4.69, 9.17) is 4.74 Å². The van der Waals surface area contributed by atoms with Gasteiger partial charge in [0.15, 0.2) is 5.69 Å². The van der Waals surface area contributed by atoms with Gasteiger partial charge in [-0.3, -0.25) is 4.79 Å². The summed E-state index contributed by atoms with van der Waals surface area (Å²) in [6, 6.07) is 9.64. The summed E-state index contributed by atoms with van der Waals surface area (Å²) >= 11 is 0. The smallest absolute Gasteiger partial charge is 0.277 e. The lowest BCUT2D eigenvalue weighted by atomic mass is 10.1. The average Bonchev–Trinajstić information content (AvgIpc) is 3.23. The van der Waals surface area contributed by atoms with Crippen LogP contribution in [-0.2, 0) is 0 Å². The van der Waals surface area contributed by atoms with E-state index in [0.717, 1.165) is 37.2 Å². The van der Waals surface area contributed by atoms with Gasteiger partial charge >= 0.3 is 0 Å². The zero-order valence-corrected chi connectivity index (χ0v) is 16.6. The van der Waals surface area contributed by atoms with Crippen LogP contribution in [0.25, 0.3) is 0 Å². The Balaban J connectivity index is 1.37. The van der Waals surface area contributed by atoms with E-state index in [2.05, 4.69) is 32.9 Å². The number of carbonyl (C=O) groups is 1. The molecule has 0 saturated carbocycles. The molecule has 2 N–H and O–H groups in total. The number of nitrogens with zero attached hydrogens (tertiary/aromatic N) is 4. The van der Waals surface area contributed by atoms with Crippen LogP contribution in [0, 0.1) is 13.8 Å². The van der Waals surface area contributed by atoms with Crippen LogP contribution in [0.1, 0.15) is 40.5 Å². The lowest BCUT2D eigenvalue weighted by Gasteiger charge is -2.22. The second-order valence-corrected chi connectivity index (χ2v) is 7.25. The Morgan fingerprint density at radius 2 is 2.00 bits per heavy atom. The van der Waals surface area contributed by atoms with E-state index in [1.807, 2.05) is 25.1 Å². The van der Waals surface area contributed by atoms with Gasteiger partial charge in [-0.15, -0.1) is 5.10 Å². The monoisotopic (exact) mass is 392 g/mol. The van der Waals surface area contributed by atoms with Gasteiger partial charge in [0.25, 0.3) is 5.91 Å². The Hall–Kier alpha value is -3.26. The molecule has 0 radical (unpaired) electrons. The zero-order valence-electron chi connectivity index (χ0n) is 16.6. The predicted octanol–water partition coefficient (Wildman–Crippen LogP) is 3.26. The highest BCUT2D eigenvalue weighted by molar-refractivity contribution is 6.02. The number of carbonyl (C=O) groups excluding carboxylic acids is 1. The Morgan fingerprint density at radius 3 is 2.72 bits per heavy atom. The summed E-state index contributed by atoms with van der Waals surface area (Å²) < 4.78 is 7.56. The van der Waals surface area contributed by atoms with Gasteiger partial charge in [-0.25, -0.2) is 9.67 Å². The van der Waals surface area contributed by atoms with Gasteiger partial charge in [-0.2, -0.15) is 0 Å². The Labute approximate surface area is 169 Å². The maximum absolute atomic E-state index is 12.5. The second-order valence-electron chi connectivity index (χ2n) is 7.25. The van der Waals surface area contributed by atoms with E-state index in [1.165, 1.54) is 5.56 Å². The molecule has 8 heteroatoms. The summed E-state index contributed by atoms with van der Waals surface area (Å²) in [5, 5.41) is 14.2. The normalized spacial score (nSPS) is 14.6. The molecular formula is C21H24N6O2. The molecule has 1 aliphatic heterocycles.